The van der Waals surface area contributed by atoms with Crippen LogP contribution in [0.1, 0.15) is 0 Å². The average molecular weight is 140 g/mol. The maximum Gasteiger partial charge on any atom is 0.147 e. The van der Waals surface area contributed by atoms with E-state index in [0.29, 0.717) is 5.75 Å². The van der Waals surface area contributed by atoms with Gasteiger partial charge in [-0.1, -0.05) is 0 Å². The quantitative estimate of drug-likeness (QED) is 0.630. The van der Waals surface area contributed by atoms with Gasteiger partial charge in [0, 0.05) is 6.20 Å². The second-order valence-electron chi connectivity index (χ2n) is 1.65. The summed E-state index contributed by atoms with van der Waals surface area (Å²) in [5.74, 6) is 0.486. The number of nitrogens with zero attached hydrogens (tertiary/aromatic N) is 1. The third-order valence-electron chi connectivity index (χ3n) is 0.918. The number of pyridine rings is 1. The van der Waals surface area contributed by atoms with Crippen LogP contribution in [0.2, 0.25) is 0 Å². The monoisotopic (exact) mass is 140 g/mol. The molecule has 1 heterocycles. The van der Waals surface area contributed by atoms with Crippen LogP contribution in [-0.4, -0.2) is 18.3 Å². The van der Waals surface area contributed by atoms with Crippen molar-refractivity contribution in [3.05, 3.63) is 24.5 Å². The van der Waals surface area contributed by atoms with Gasteiger partial charge in [-0.25, -0.2) is 4.39 Å². The lowest BCUT2D eigenvalue weighted by Gasteiger charge is -1.99. The van der Waals surface area contributed by atoms with Gasteiger partial charge in [-0.15, -0.1) is 0 Å². The number of halogens is 1. The predicted octanol–water partition coefficient (Wildman–Crippen LogP) is 1.23. The van der Waals surface area contributed by atoms with Crippen LogP contribution >= 0.6 is 0 Å². The average Bonchev–Trinajstić information content (AvgIpc) is 2.03. The molecule has 0 amide bonds. The van der Waals surface area contributed by atoms with E-state index in [9.17, 15) is 4.39 Å². The Hall–Kier alpha value is -1.12. The van der Waals surface area contributed by atoms with Crippen LogP contribution in [0.3, 0.4) is 0 Å². The summed E-state index contributed by atoms with van der Waals surface area (Å²) >= 11 is 0. The molecule has 0 fully saturated rings. The maximum absolute atomic E-state index is 11.5. The second kappa shape index (κ2) is 3.82. The van der Waals surface area contributed by atoms with Crippen molar-refractivity contribution in [3.63, 3.8) is 0 Å². The van der Waals surface area contributed by atoms with Crippen molar-refractivity contribution in [2.24, 2.45) is 0 Å². The minimum absolute atomic E-state index is 0.0716. The van der Waals surface area contributed by atoms with Gasteiger partial charge in [0.1, 0.15) is 25.2 Å². The first-order chi connectivity index (χ1) is 4.93. The molecule has 1 aromatic heterocycles. The molecule has 0 atom stereocenters. The van der Waals surface area contributed by atoms with E-state index in [1.807, 2.05) is 0 Å². The van der Waals surface area contributed by atoms with Crippen LogP contribution < -0.4 is 4.74 Å². The van der Waals surface area contributed by atoms with E-state index >= 15 is 0 Å². The third-order valence-corrected chi connectivity index (χ3v) is 0.918. The lowest BCUT2D eigenvalue weighted by molar-refractivity contribution is 0.272. The first kappa shape index (κ1) is 6.99. The molecule has 0 bridgehead atoms. The van der Waals surface area contributed by atoms with E-state index in [2.05, 4.69) is 11.2 Å². The Kier molecular flexibility index (Phi) is 2.67. The van der Waals surface area contributed by atoms with Crippen molar-refractivity contribution in [2.75, 3.05) is 13.3 Å². The van der Waals surface area contributed by atoms with Gasteiger partial charge in [-0.05, 0) is 12.1 Å². The van der Waals surface area contributed by atoms with E-state index in [4.69, 9.17) is 4.74 Å². The first-order valence-corrected chi connectivity index (χ1v) is 2.95. The van der Waals surface area contributed by atoms with Gasteiger partial charge in [-0.2, -0.15) is 0 Å². The highest BCUT2D eigenvalue weighted by atomic mass is 19.1. The number of hydrogen-bond acceptors (Lipinski definition) is 2. The molecule has 0 spiro atoms. The minimum atomic E-state index is -0.483. The SMILES string of the molecule is FCCOc1[c]nccc1. The number of alkyl halides is 1. The van der Waals surface area contributed by atoms with Crippen molar-refractivity contribution in [3.8, 4) is 5.75 Å². The van der Waals surface area contributed by atoms with Crippen LogP contribution in [-0.2, 0) is 0 Å². The number of rotatable bonds is 3. The fourth-order valence-corrected chi connectivity index (χ4v) is 0.541. The first-order valence-electron chi connectivity index (χ1n) is 2.95. The molecule has 0 aliphatic carbocycles. The summed E-state index contributed by atoms with van der Waals surface area (Å²) in [6.45, 7) is -0.412. The Labute approximate surface area is 58.7 Å². The largest absolute Gasteiger partial charge is 0.489 e. The minimum Gasteiger partial charge on any atom is -0.489 e. The van der Waals surface area contributed by atoms with Crippen molar-refractivity contribution in [1.82, 2.24) is 4.98 Å². The van der Waals surface area contributed by atoms with Gasteiger partial charge in [-0.3, -0.25) is 4.98 Å². The Morgan fingerprint density at radius 1 is 1.70 bits per heavy atom. The molecule has 0 saturated carbocycles. The fourth-order valence-electron chi connectivity index (χ4n) is 0.541. The molecule has 0 unspecified atom stereocenters. The molecule has 0 aliphatic heterocycles. The summed E-state index contributed by atoms with van der Waals surface area (Å²) < 4.78 is 16.4. The summed E-state index contributed by atoms with van der Waals surface area (Å²) in [4.78, 5) is 3.67. The summed E-state index contributed by atoms with van der Waals surface area (Å²) in [7, 11) is 0. The Morgan fingerprint density at radius 2 is 2.60 bits per heavy atom. The predicted molar refractivity (Wildman–Crippen MR) is 34.5 cm³/mol. The Bertz CT molecular complexity index is 178. The summed E-state index contributed by atoms with van der Waals surface area (Å²) in [5.41, 5.74) is 0. The highest BCUT2D eigenvalue weighted by Gasteiger charge is 1.89. The van der Waals surface area contributed by atoms with Gasteiger partial charge in [0.05, 0.1) is 0 Å². The molecule has 3 heteroatoms. The van der Waals surface area contributed by atoms with Crippen molar-refractivity contribution >= 4 is 0 Å². The van der Waals surface area contributed by atoms with Crippen LogP contribution in [0.5, 0.6) is 5.75 Å². The molecule has 53 valence electrons. The highest BCUT2D eigenvalue weighted by Crippen LogP contribution is 2.03. The topological polar surface area (TPSA) is 22.1 Å². The Morgan fingerprint density at radius 3 is 3.20 bits per heavy atom. The molecular formula is C7H7FNO. The Balaban J connectivity index is 2.43. The van der Waals surface area contributed by atoms with Crippen molar-refractivity contribution in [1.29, 1.82) is 0 Å². The molecule has 1 aromatic rings. The summed E-state index contributed by atoms with van der Waals surface area (Å²) in [6, 6.07) is 3.40. The van der Waals surface area contributed by atoms with Crippen LogP contribution in [0, 0.1) is 6.20 Å². The molecule has 0 saturated heterocycles. The standard InChI is InChI=1S/C7H7FNO/c8-3-5-10-7-2-1-4-9-6-7/h1-2,4H,3,5H2. The fraction of sp³-hybridized carbons (Fsp3) is 0.286. The van der Waals surface area contributed by atoms with E-state index in [0.717, 1.165) is 0 Å². The molecule has 2 nitrogen and oxygen atoms in total. The molecule has 1 radical (unpaired) electrons. The number of hydrogen-bond donors (Lipinski definition) is 0. The zero-order valence-corrected chi connectivity index (χ0v) is 5.38. The van der Waals surface area contributed by atoms with Gasteiger partial charge in [0.15, 0.2) is 0 Å². The molecule has 0 aromatic carbocycles. The second-order valence-corrected chi connectivity index (χ2v) is 1.65. The number of ether oxygens (including phenoxy) is 1. The molecule has 1 rings (SSSR count). The summed E-state index contributed by atoms with van der Waals surface area (Å²) in [6.07, 6.45) is 4.15. The van der Waals surface area contributed by atoms with Gasteiger partial charge < -0.3 is 4.74 Å². The van der Waals surface area contributed by atoms with Gasteiger partial charge >= 0.3 is 0 Å². The van der Waals surface area contributed by atoms with Crippen molar-refractivity contribution in [2.45, 2.75) is 0 Å². The zero-order chi connectivity index (χ0) is 7.23. The van der Waals surface area contributed by atoms with E-state index < -0.39 is 6.67 Å². The van der Waals surface area contributed by atoms with Crippen LogP contribution in [0.25, 0.3) is 0 Å². The summed E-state index contributed by atoms with van der Waals surface area (Å²) in [5, 5.41) is 0. The molecule has 0 aliphatic rings. The third kappa shape index (κ3) is 2.01. The van der Waals surface area contributed by atoms with Crippen LogP contribution in [0.4, 0.5) is 4.39 Å². The normalized spacial score (nSPS) is 9.30. The van der Waals surface area contributed by atoms with E-state index in [1.165, 1.54) is 0 Å². The van der Waals surface area contributed by atoms with E-state index in [1.54, 1.807) is 18.3 Å². The molecular weight excluding hydrogens is 133 g/mol. The van der Waals surface area contributed by atoms with Gasteiger partial charge in [0.2, 0.25) is 0 Å². The lowest BCUT2D eigenvalue weighted by Crippen LogP contribution is -1.98. The zero-order valence-electron chi connectivity index (χ0n) is 5.38. The molecule has 10 heavy (non-hydrogen) atoms. The smallest absolute Gasteiger partial charge is 0.147 e. The van der Waals surface area contributed by atoms with Gasteiger partial charge in [0.25, 0.3) is 0 Å². The van der Waals surface area contributed by atoms with Crippen molar-refractivity contribution < 1.29 is 9.13 Å². The maximum atomic E-state index is 11.5. The lowest BCUT2D eigenvalue weighted by atomic mass is 10.5. The molecule has 0 N–H and O–H groups in total. The highest BCUT2D eigenvalue weighted by molar-refractivity contribution is 5.13. The van der Waals surface area contributed by atoms with E-state index in [-0.39, 0.29) is 6.61 Å². The number of aromatic nitrogens is 1. The van der Waals surface area contributed by atoms with Crippen LogP contribution in [0.15, 0.2) is 18.3 Å².